The summed E-state index contributed by atoms with van der Waals surface area (Å²) in [5.41, 5.74) is 0. The first-order chi connectivity index (χ1) is 6.20. The second kappa shape index (κ2) is 5.06. The minimum Gasteiger partial charge on any atom is -0.477 e. The third-order valence-corrected chi connectivity index (χ3v) is 2.09. The molecule has 0 aliphatic rings. The van der Waals surface area contributed by atoms with Crippen molar-refractivity contribution in [1.82, 2.24) is 0 Å². The van der Waals surface area contributed by atoms with Crippen LogP contribution in [0, 0.1) is 0 Å². The first-order valence-electron chi connectivity index (χ1n) is 3.52. The van der Waals surface area contributed by atoms with Crippen LogP contribution in [-0.2, 0) is 14.2 Å². The van der Waals surface area contributed by atoms with Gasteiger partial charge >= 0.3 is 19.5 Å². The fraction of sp³-hybridized carbons (Fsp3) is 0.600. The SMILES string of the molecule is O=C(O)C[NH+](CC(=O)O)CP(=O)(O)O. The molecular weight excluding hydrogens is 217 g/mol. The minimum absolute atomic E-state index is 0.196. The average molecular weight is 228 g/mol. The van der Waals surface area contributed by atoms with Gasteiger partial charge in [-0.15, -0.1) is 0 Å². The molecule has 82 valence electrons. The minimum atomic E-state index is -4.40. The zero-order valence-electron chi connectivity index (χ0n) is 7.08. The molecule has 0 rings (SSSR count). The Morgan fingerprint density at radius 1 is 1.07 bits per heavy atom. The maximum atomic E-state index is 10.5. The van der Waals surface area contributed by atoms with Gasteiger partial charge in [0.2, 0.25) is 0 Å². The number of carboxylic acids is 2. The molecule has 0 heterocycles. The molecule has 0 fully saturated rings. The molecule has 0 amide bonds. The zero-order chi connectivity index (χ0) is 11.4. The van der Waals surface area contributed by atoms with Gasteiger partial charge in [0.05, 0.1) is 0 Å². The maximum absolute atomic E-state index is 10.5. The molecule has 0 aromatic heterocycles. The van der Waals surface area contributed by atoms with E-state index in [-0.39, 0.29) is 4.90 Å². The normalized spacial score (nSPS) is 11.6. The van der Waals surface area contributed by atoms with E-state index in [0.717, 1.165) is 0 Å². The van der Waals surface area contributed by atoms with E-state index >= 15 is 0 Å². The summed E-state index contributed by atoms with van der Waals surface area (Å²) in [5, 5.41) is 16.7. The third-order valence-electron chi connectivity index (χ3n) is 1.23. The lowest BCUT2D eigenvalue weighted by Crippen LogP contribution is -3.13. The van der Waals surface area contributed by atoms with E-state index in [2.05, 4.69) is 0 Å². The number of hydrogen-bond donors (Lipinski definition) is 5. The Morgan fingerprint density at radius 3 is 1.64 bits per heavy atom. The van der Waals surface area contributed by atoms with Crippen LogP contribution in [0.15, 0.2) is 0 Å². The van der Waals surface area contributed by atoms with Crippen LogP contribution in [0.4, 0.5) is 0 Å². The van der Waals surface area contributed by atoms with Gasteiger partial charge < -0.3 is 24.9 Å². The Kier molecular flexibility index (Phi) is 4.72. The van der Waals surface area contributed by atoms with Crippen LogP contribution in [0.25, 0.3) is 0 Å². The average Bonchev–Trinajstić information content (AvgIpc) is 1.77. The summed E-state index contributed by atoms with van der Waals surface area (Å²) < 4.78 is 10.5. The van der Waals surface area contributed by atoms with Crippen molar-refractivity contribution in [2.75, 3.05) is 19.4 Å². The molecule has 0 bridgehead atoms. The van der Waals surface area contributed by atoms with Crippen LogP contribution in [0.3, 0.4) is 0 Å². The van der Waals surface area contributed by atoms with Crippen LogP contribution in [0.2, 0.25) is 0 Å². The monoisotopic (exact) mass is 228 g/mol. The Bertz CT molecular complexity index is 255. The second-order valence-corrected chi connectivity index (χ2v) is 4.36. The Labute approximate surface area is 78.9 Å². The number of nitrogens with one attached hydrogen (secondary N) is 1. The molecule has 9 heteroatoms. The summed E-state index contributed by atoms with van der Waals surface area (Å²) in [6, 6.07) is 0. The van der Waals surface area contributed by atoms with Gasteiger partial charge in [0.25, 0.3) is 0 Å². The summed E-state index contributed by atoms with van der Waals surface area (Å²) >= 11 is 0. The lowest BCUT2D eigenvalue weighted by Gasteiger charge is -2.15. The Morgan fingerprint density at radius 2 is 1.43 bits per heavy atom. The molecule has 8 nitrogen and oxygen atoms in total. The van der Waals surface area contributed by atoms with Crippen molar-refractivity contribution in [3.63, 3.8) is 0 Å². The van der Waals surface area contributed by atoms with E-state index in [1.165, 1.54) is 0 Å². The number of carbonyl (C=O) groups is 2. The molecule has 0 aromatic rings. The molecule has 0 saturated heterocycles. The number of carboxylic acid groups (broad SMARTS) is 2. The van der Waals surface area contributed by atoms with Crippen LogP contribution >= 0.6 is 7.60 Å². The van der Waals surface area contributed by atoms with Gasteiger partial charge in [-0.25, -0.2) is 9.59 Å². The van der Waals surface area contributed by atoms with Crippen molar-refractivity contribution >= 4 is 19.5 Å². The van der Waals surface area contributed by atoms with Crippen molar-refractivity contribution in [1.29, 1.82) is 0 Å². The Hall–Kier alpha value is -0.950. The van der Waals surface area contributed by atoms with Gasteiger partial charge in [-0.05, 0) is 0 Å². The van der Waals surface area contributed by atoms with E-state index in [0.29, 0.717) is 0 Å². The summed E-state index contributed by atoms with van der Waals surface area (Å²) in [4.78, 5) is 37.3. The molecular formula is C5H11NO7P+. The van der Waals surface area contributed by atoms with Gasteiger partial charge in [0.15, 0.2) is 19.4 Å². The van der Waals surface area contributed by atoms with Crippen LogP contribution in [-0.4, -0.2) is 51.3 Å². The van der Waals surface area contributed by atoms with E-state index < -0.39 is 38.9 Å². The molecule has 0 atom stereocenters. The van der Waals surface area contributed by atoms with Crippen molar-refractivity contribution < 1.29 is 39.1 Å². The van der Waals surface area contributed by atoms with Crippen molar-refractivity contribution in [2.24, 2.45) is 0 Å². The van der Waals surface area contributed by atoms with Crippen LogP contribution < -0.4 is 4.90 Å². The smallest absolute Gasteiger partial charge is 0.379 e. The highest BCUT2D eigenvalue weighted by atomic mass is 31.2. The van der Waals surface area contributed by atoms with Crippen LogP contribution in [0.1, 0.15) is 0 Å². The highest BCUT2D eigenvalue weighted by Gasteiger charge is 2.26. The molecule has 0 aliphatic heterocycles. The van der Waals surface area contributed by atoms with E-state index in [9.17, 15) is 14.2 Å². The summed E-state index contributed by atoms with van der Waals surface area (Å²) in [7, 11) is -4.40. The van der Waals surface area contributed by atoms with Crippen molar-refractivity contribution in [3.8, 4) is 0 Å². The third kappa shape index (κ3) is 7.69. The first-order valence-corrected chi connectivity index (χ1v) is 5.32. The highest BCUT2D eigenvalue weighted by Crippen LogP contribution is 2.30. The predicted molar refractivity (Wildman–Crippen MR) is 42.9 cm³/mol. The molecule has 0 saturated carbocycles. The number of aliphatic carboxylic acids is 2. The fourth-order valence-corrected chi connectivity index (χ4v) is 1.70. The molecule has 0 unspecified atom stereocenters. The number of quaternary nitrogens is 1. The standard InChI is InChI=1S/C5H10NO7P/c7-4(8)1-6(2-5(9)10)3-14(11,12)13/h1-3H2,(H,7,8)(H,9,10)(H2,11,12,13)/p+1. The van der Waals surface area contributed by atoms with Gasteiger partial charge in [-0.3, -0.25) is 4.57 Å². The largest absolute Gasteiger partial charge is 0.477 e. The topological polar surface area (TPSA) is 137 Å². The number of hydrogen-bond acceptors (Lipinski definition) is 3. The molecule has 0 aromatic carbocycles. The van der Waals surface area contributed by atoms with E-state index in [1.807, 2.05) is 0 Å². The highest BCUT2D eigenvalue weighted by molar-refractivity contribution is 7.51. The summed E-state index contributed by atoms with van der Waals surface area (Å²) in [6.45, 7) is -1.28. The van der Waals surface area contributed by atoms with Crippen molar-refractivity contribution in [3.05, 3.63) is 0 Å². The second-order valence-electron chi connectivity index (χ2n) is 2.71. The molecule has 0 radical (unpaired) electrons. The van der Waals surface area contributed by atoms with Gasteiger partial charge in [-0.1, -0.05) is 0 Å². The lowest BCUT2D eigenvalue weighted by molar-refractivity contribution is -0.874. The zero-order valence-corrected chi connectivity index (χ0v) is 7.98. The Balaban J connectivity index is 4.32. The van der Waals surface area contributed by atoms with E-state index in [4.69, 9.17) is 20.0 Å². The summed E-state index contributed by atoms with van der Waals surface area (Å²) in [5.74, 6) is -2.62. The number of rotatable bonds is 6. The fourth-order valence-electron chi connectivity index (χ4n) is 0.893. The predicted octanol–water partition coefficient (Wildman–Crippen LogP) is -2.82. The molecule has 0 aliphatic carbocycles. The molecule has 5 N–H and O–H groups in total. The van der Waals surface area contributed by atoms with Gasteiger partial charge in [0.1, 0.15) is 0 Å². The molecule has 0 spiro atoms. The quantitative estimate of drug-likeness (QED) is 0.309. The lowest BCUT2D eigenvalue weighted by atomic mass is 10.5. The van der Waals surface area contributed by atoms with Gasteiger partial charge in [0, 0.05) is 0 Å². The summed E-state index contributed by atoms with van der Waals surface area (Å²) in [6.07, 6.45) is -0.800. The van der Waals surface area contributed by atoms with Gasteiger partial charge in [-0.2, -0.15) is 0 Å². The molecule has 14 heavy (non-hydrogen) atoms. The first kappa shape index (κ1) is 13.1. The van der Waals surface area contributed by atoms with Crippen molar-refractivity contribution in [2.45, 2.75) is 0 Å². The van der Waals surface area contributed by atoms with Crippen LogP contribution in [0.5, 0.6) is 0 Å². The van der Waals surface area contributed by atoms with E-state index in [1.54, 1.807) is 0 Å². The maximum Gasteiger partial charge on any atom is 0.379 e.